The number of likely N-dealkylation sites (N-methyl/N-ethyl adjacent to an activating group) is 1. The smallest absolute Gasteiger partial charge is 0.359 e. The molecule has 0 radical (unpaired) electrons. The first-order valence-electron chi connectivity index (χ1n) is 3.57. The van der Waals surface area contributed by atoms with Crippen LogP contribution in [0.25, 0.3) is 0 Å². The van der Waals surface area contributed by atoms with E-state index >= 15 is 0 Å². The average Bonchev–Trinajstić information content (AvgIpc) is 2.35. The van der Waals surface area contributed by atoms with E-state index in [2.05, 4.69) is 0 Å². The Hall–Kier alpha value is -0.570. The molecule has 0 aromatic rings. The number of carboxylic acid groups (broad SMARTS) is 1. The van der Waals surface area contributed by atoms with Crippen LogP contribution in [0.1, 0.15) is 12.8 Å². The second-order valence-corrected chi connectivity index (χ2v) is 3.56. The van der Waals surface area contributed by atoms with Crippen molar-refractivity contribution in [2.45, 2.75) is 18.9 Å². The maximum atomic E-state index is 10.3. The van der Waals surface area contributed by atoms with Crippen molar-refractivity contribution >= 4 is 5.97 Å². The van der Waals surface area contributed by atoms with E-state index in [1.165, 1.54) is 12.8 Å². The second kappa shape index (κ2) is 2.23. The fourth-order valence-electron chi connectivity index (χ4n) is 1.25. The van der Waals surface area contributed by atoms with Crippen molar-refractivity contribution in [2.75, 3.05) is 20.6 Å². The summed E-state index contributed by atoms with van der Waals surface area (Å²) < 4.78 is 0.648. The van der Waals surface area contributed by atoms with Crippen molar-refractivity contribution in [2.24, 2.45) is 0 Å². The third kappa shape index (κ3) is 1.70. The Balaban J connectivity index is 2.41. The molecule has 0 amide bonds. The van der Waals surface area contributed by atoms with Crippen LogP contribution in [0.2, 0.25) is 0 Å². The Kier molecular flexibility index (Phi) is 1.68. The van der Waals surface area contributed by atoms with Gasteiger partial charge in [0.15, 0.2) is 6.54 Å². The summed E-state index contributed by atoms with van der Waals surface area (Å²) in [5.41, 5.74) is 0. The molecule has 1 saturated carbocycles. The lowest BCUT2D eigenvalue weighted by Crippen LogP contribution is -2.45. The topological polar surface area (TPSA) is 37.3 Å². The molecule has 0 aliphatic heterocycles. The van der Waals surface area contributed by atoms with Crippen molar-refractivity contribution in [3.63, 3.8) is 0 Å². The maximum absolute atomic E-state index is 10.3. The fraction of sp³-hybridized carbons (Fsp3) is 0.857. The maximum Gasteiger partial charge on any atom is 0.359 e. The molecule has 0 bridgehead atoms. The van der Waals surface area contributed by atoms with E-state index in [0.29, 0.717) is 10.5 Å². The van der Waals surface area contributed by atoms with Gasteiger partial charge in [-0.2, -0.15) is 0 Å². The van der Waals surface area contributed by atoms with Gasteiger partial charge in [-0.1, -0.05) is 0 Å². The van der Waals surface area contributed by atoms with E-state index in [1.807, 2.05) is 14.1 Å². The van der Waals surface area contributed by atoms with Crippen molar-refractivity contribution in [1.29, 1.82) is 0 Å². The highest BCUT2D eigenvalue weighted by molar-refractivity contribution is 5.67. The molecule has 58 valence electrons. The number of hydrogen-bond donors (Lipinski definition) is 1. The summed E-state index contributed by atoms with van der Waals surface area (Å²) in [5, 5.41) is 8.51. The first kappa shape index (κ1) is 7.54. The number of rotatable bonds is 3. The Labute approximate surface area is 60.8 Å². The van der Waals surface area contributed by atoms with E-state index < -0.39 is 5.97 Å². The van der Waals surface area contributed by atoms with Gasteiger partial charge in [-0.25, -0.2) is 4.79 Å². The SMILES string of the molecule is C[N+](C)(CC(=O)O)C1CC1. The number of nitrogens with zero attached hydrogens (tertiary/aromatic N) is 1. The van der Waals surface area contributed by atoms with Crippen LogP contribution in [0.4, 0.5) is 0 Å². The molecular formula is C7H14NO2+. The van der Waals surface area contributed by atoms with E-state index in [1.54, 1.807) is 0 Å². The number of carbonyl (C=O) groups is 1. The summed E-state index contributed by atoms with van der Waals surface area (Å²) in [6, 6.07) is 0.607. The van der Waals surface area contributed by atoms with Crippen LogP contribution in [0.3, 0.4) is 0 Å². The number of hydrogen-bond acceptors (Lipinski definition) is 1. The molecule has 0 unspecified atom stereocenters. The third-order valence-corrected chi connectivity index (χ3v) is 2.08. The van der Waals surface area contributed by atoms with Gasteiger partial charge in [0.05, 0.1) is 20.1 Å². The van der Waals surface area contributed by atoms with Crippen molar-refractivity contribution in [1.82, 2.24) is 0 Å². The standard InChI is InChI=1S/C7H13NO2/c1-8(2,5-7(9)10)6-3-4-6/h6H,3-5H2,1-2H3/p+1. The minimum absolute atomic E-state index is 0.255. The van der Waals surface area contributed by atoms with Crippen molar-refractivity contribution in [3.05, 3.63) is 0 Å². The minimum Gasteiger partial charge on any atom is -0.477 e. The van der Waals surface area contributed by atoms with E-state index in [4.69, 9.17) is 5.11 Å². The predicted molar refractivity (Wildman–Crippen MR) is 37.6 cm³/mol. The molecule has 0 aromatic carbocycles. The molecule has 1 rings (SSSR count). The molecule has 1 aliphatic rings. The normalized spacial score (nSPS) is 19.0. The minimum atomic E-state index is -0.697. The van der Waals surface area contributed by atoms with Gasteiger partial charge in [0.25, 0.3) is 0 Å². The monoisotopic (exact) mass is 144 g/mol. The van der Waals surface area contributed by atoms with E-state index in [9.17, 15) is 4.79 Å². The van der Waals surface area contributed by atoms with Crippen LogP contribution in [0, 0.1) is 0 Å². The van der Waals surface area contributed by atoms with Gasteiger partial charge in [0, 0.05) is 12.8 Å². The Morgan fingerprint density at radius 1 is 1.60 bits per heavy atom. The Morgan fingerprint density at radius 3 is 2.40 bits per heavy atom. The third-order valence-electron chi connectivity index (χ3n) is 2.08. The zero-order valence-corrected chi connectivity index (χ0v) is 6.50. The van der Waals surface area contributed by atoms with Gasteiger partial charge in [-0.3, -0.25) is 0 Å². The van der Waals surface area contributed by atoms with E-state index in [-0.39, 0.29) is 6.54 Å². The largest absolute Gasteiger partial charge is 0.477 e. The van der Waals surface area contributed by atoms with Gasteiger partial charge >= 0.3 is 5.97 Å². The zero-order valence-electron chi connectivity index (χ0n) is 6.50. The van der Waals surface area contributed by atoms with Crippen molar-refractivity contribution in [3.8, 4) is 0 Å². The highest BCUT2D eigenvalue weighted by Gasteiger charge is 2.39. The summed E-state index contributed by atoms with van der Waals surface area (Å²) in [5.74, 6) is -0.697. The molecule has 3 nitrogen and oxygen atoms in total. The molecule has 10 heavy (non-hydrogen) atoms. The molecule has 0 saturated heterocycles. The van der Waals surface area contributed by atoms with Gasteiger partial charge in [0.1, 0.15) is 0 Å². The lowest BCUT2D eigenvalue weighted by Gasteiger charge is -2.27. The summed E-state index contributed by atoms with van der Waals surface area (Å²) in [6.45, 7) is 0.255. The van der Waals surface area contributed by atoms with Crippen LogP contribution in [0.15, 0.2) is 0 Å². The quantitative estimate of drug-likeness (QED) is 0.579. The lowest BCUT2D eigenvalue weighted by atomic mass is 10.4. The molecule has 1 N–H and O–H groups in total. The molecule has 0 heterocycles. The summed E-state index contributed by atoms with van der Waals surface area (Å²) in [6.07, 6.45) is 2.39. The van der Waals surface area contributed by atoms with Gasteiger partial charge in [-0.05, 0) is 0 Å². The molecular weight excluding hydrogens is 130 g/mol. The van der Waals surface area contributed by atoms with Crippen molar-refractivity contribution < 1.29 is 14.4 Å². The fourth-order valence-corrected chi connectivity index (χ4v) is 1.25. The first-order chi connectivity index (χ1) is 4.52. The van der Waals surface area contributed by atoms with Crippen LogP contribution >= 0.6 is 0 Å². The summed E-state index contributed by atoms with van der Waals surface area (Å²) in [7, 11) is 3.96. The molecule has 1 aliphatic carbocycles. The first-order valence-corrected chi connectivity index (χ1v) is 3.57. The molecule has 0 aromatic heterocycles. The van der Waals surface area contributed by atoms with Crippen LogP contribution in [-0.2, 0) is 4.79 Å². The Morgan fingerprint density at radius 2 is 2.10 bits per heavy atom. The highest BCUT2D eigenvalue weighted by atomic mass is 16.4. The van der Waals surface area contributed by atoms with Crippen LogP contribution in [-0.4, -0.2) is 42.2 Å². The highest BCUT2D eigenvalue weighted by Crippen LogP contribution is 2.29. The average molecular weight is 144 g/mol. The summed E-state index contributed by atoms with van der Waals surface area (Å²) >= 11 is 0. The number of carboxylic acids is 1. The van der Waals surface area contributed by atoms with Gasteiger partial charge < -0.3 is 9.59 Å². The Bertz CT molecular complexity index is 150. The van der Waals surface area contributed by atoms with E-state index in [0.717, 1.165) is 0 Å². The molecule has 1 fully saturated rings. The van der Waals surface area contributed by atoms with Gasteiger partial charge in [0.2, 0.25) is 0 Å². The zero-order chi connectivity index (χ0) is 7.78. The predicted octanol–water partition coefficient (Wildman–Crippen LogP) is 0.310. The second-order valence-electron chi connectivity index (χ2n) is 3.56. The van der Waals surface area contributed by atoms with Crippen LogP contribution in [0.5, 0.6) is 0 Å². The number of aliphatic carboxylic acids is 1. The molecule has 3 heteroatoms. The molecule has 0 atom stereocenters. The van der Waals surface area contributed by atoms with Gasteiger partial charge in [-0.15, -0.1) is 0 Å². The van der Waals surface area contributed by atoms with Crippen LogP contribution < -0.4 is 0 Å². The molecule has 0 spiro atoms. The number of quaternary nitrogens is 1. The lowest BCUT2D eigenvalue weighted by molar-refractivity contribution is -0.893. The summed E-state index contributed by atoms with van der Waals surface area (Å²) in [4.78, 5) is 10.3.